The molecule has 1 saturated heterocycles. The van der Waals surface area contributed by atoms with Gasteiger partial charge >= 0.3 is 0 Å². The van der Waals surface area contributed by atoms with Crippen molar-refractivity contribution in [3.05, 3.63) is 47.3 Å². The molecule has 1 aromatic carbocycles. The van der Waals surface area contributed by atoms with Gasteiger partial charge in [-0.2, -0.15) is 5.10 Å². The Kier molecular flexibility index (Phi) is 3.31. The molecule has 0 aliphatic carbocycles. The summed E-state index contributed by atoms with van der Waals surface area (Å²) >= 11 is 0. The lowest BCUT2D eigenvalue weighted by Crippen LogP contribution is -2.30. The van der Waals surface area contributed by atoms with E-state index in [4.69, 9.17) is 9.47 Å². The maximum absolute atomic E-state index is 12.6. The van der Waals surface area contributed by atoms with Crippen molar-refractivity contribution in [2.45, 2.75) is 18.4 Å². The molecule has 2 aromatic rings. The van der Waals surface area contributed by atoms with Gasteiger partial charge in [-0.3, -0.25) is 9.89 Å². The van der Waals surface area contributed by atoms with E-state index in [9.17, 15) is 4.79 Å². The first kappa shape index (κ1) is 13.3. The van der Waals surface area contributed by atoms with Gasteiger partial charge in [0.25, 0.3) is 5.91 Å². The van der Waals surface area contributed by atoms with Crippen molar-refractivity contribution in [2.75, 3.05) is 19.8 Å². The van der Waals surface area contributed by atoms with E-state index in [1.54, 1.807) is 6.20 Å². The predicted octanol–water partition coefficient (Wildman–Crippen LogP) is 1.78. The van der Waals surface area contributed by atoms with E-state index in [-0.39, 0.29) is 17.9 Å². The molecule has 2 aliphatic heterocycles. The molecule has 6 heteroatoms. The van der Waals surface area contributed by atoms with Gasteiger partial charge in [0, 0.05) is 18.1 Å². The number of benzene rings is 1. The van der Waals surface area contributed by atoms with Gasteiger partial charge in [-0.1, -0.05) is 18.2 Å². The van der Waals surface area contributed by atoms with Crippen LogP contribution in [0.1, 0.15) is 40.0 Å². The van der Waals surface area contributed by atoms with Gasteiger partial charge < -0.3 is 14.8 Å². The fourth-order valence-corrected chi connectivity index (χ4v) is 3.07. The number of amides is 1. The number of hydrogen-bond acceptors (Lipinski definition) is 4. The number of carbonyl (C=O) groups excluding carboxylic acids is 1. The van der Waals surface area contributed by atoms with E-state index in [2.05, 4.69) is 15.5 Å². The normalized spacial score (nSPS) is 23.1. The van der Waals surface area contributed by atoms with Crippen LogP contribution in [-0.2, 0) is 4.74 Å². The number of aromatic amines is 1. The molecule has 2 atom stereocenters. The molecule has 2 N–H and O–H groups in total. The average molecular weight is 299 g/mol. The largest absolute Gasteiger partial charge is 0.491 e. The Labute approximate surface area is 127 Å². The van der Waals surface area contributed by atoms with Crippen molar-refractivity contribution < 1.29 is 14.3 Å². The molecular weight excluding hydrogens is 282 g/mol. The molecule has 1 fully saturated rings. The minimum Gasteiger partial charge on any atom is -0.491 e. The third kappa shape index (κ3) is 2.25. The minimum absolute atomic E-state index is 0.119. The van der Waals surface area contributed by atoms with Crippen LogP contribution in [0.2, 0.25) is 0 Å². The fraction of sp³-hybridized carbons (Fsp3) is 0.375. The average Bonchev–Trinajstić information content (AvgIpc) is 3.27. The number of ether oxygens (including phenoxy) is 2. The molecule has 1 aromatic heterocycles. The van der Waals surface area contributed by atoms with Crippen molar-refractivity contribution in [3.63, 3.8) is 0 Å². The molecule has 6 nitrogen and oxygen atoms in total. The van der Waals surface area contributed by atoms with E-state index >= 15 is 0 Å². The number of nitrogens with one attached hydrogen (secondary N) is 2. The molecule has 22 heavy (non-hydrogen) atoms. The number of nitrogens with zero attached hydrogens (tertiary/aromatic N) is 1. The van der Waals surface area contributed by atoms with Crippen LogP contribution in [0.4, 0.5) is 0 Å². The minimum atomic E-state index is -0.124. The topological polar surface area (TPSA) is 76.2 Å². The first-order chi connectivity index (χ1) is 10.8. The highest BCUT2D eigenvalue weighted by atomic mass is 16.5. The lowest BCUT2D eigenvalue weighted by molar-refractivity contribution is 0.0929. The van der Waals surface area contributed by atoms with Gasteiger partial charge in [0.2, 0.25) is 0 Å². The SMILES string of the molecule is O=C(N[C@@H]1COc2ccccc21)c1cn[nH]c1[C@@H]1CCOC1. The Bertz CT molecular complexity index is 691. The summed E-state index contributed by atoms with van der Waals surface area (Å²) in [6, 6.07) is 7.66. The van der Waals surface area contributed by atoms with Crippen LogP contribution in [0.25, 0.3) is 0 Å². The van der Waals surface area contributed by atoms with E-state index < -0.39 is 0 Å². The molecular formula is C16H17N3O3. The Hall–Kier alpha value is -2.34. The standard InChI is InChI=1S/C16H17N3O3/c20-16(12-7-17-19-15(12)10-5-6-21-8-10)18-13-9-22-14-4-2-1-3-11(13)14/h1-4,7,10,13H,5-6,8-9H2,(H,17,19)(H,18,20)/t10-,13-/m1/s1. The van der Waals surface area contributed by atoms with E-state index in [1.165, 1.54) is 0 Å². The second-order valence-electron chi connectivity index (χ2n) is 5.63. The summed E-state index contributed by atoms with van der Waals surface area (Å²) in [7, 11) is 0. The van der Waals surface area contributed by atoms with Gasteiger partial charge in [-0.05, 0) is 12.5 Å². The summed E-state index contributed by atoms with van der Waals surface area (Å²) in [5.41, 5.74) is 2.48. The van der Waals surface area contributed by atoms with Crippen molar-refractivity contribution >= 4 is 5.91 Å². The summed E-state index contributed by atoms with van der Waals surface area (Å²) in [6.07, 6.45) is 2.50. The van der Waals surface area contributed by atoms with Gasteiger partial charge in [0.05, 0.1) is 30.1 Å². The maximum atomic E-state index is 12.6. The number of rotatable bonds is 3. The molecule has 0 saturated carbocycles. The van der Waals surface area contributed by atoms with Gasteiger partial charge in [-0.15, -0.1) is 0 Å². The quantitative estimate of drug-likeness (QED) is 0.905. The Morgan fingerprint density at radius 3 is 3.09 bits per heavy atom. The molecule has 0 unspecified atom stereocenters. The van der Waals surface area contributed by atoms with Crippen LogP contribution in [0.5, 0.6) is 5.75 Å². The number of H-pyrrole nitrogens is 1. The highest BCUT2D eigenvalue weighted by Crippen LogP contribution is 2.32. The molecule has 4 rings (SSSR count). The number of hydrogen-bond donors (Lipinski definition) is 2. The van der Waals surface area contributed by atoms with Crippen LogP contribution in [-0.4, -0.2) is 35.9 Å². The smallest absolute Gasteiger partial charge is 0.255 e. The molecule has 1 amide bonds. The summed E-state index contributed by atoms with van der Waals surface area (Å²) in [5, 5.41) is 10.0. The molecule has 3 heterocycles. The summed E-state index contributed by atoms with van der Waals surface area (Å²) in [4.78, 5) is 12.6. The van der Waals surface area contributed by atoms with Crippen LogP contribution >= 0.6 is 0 Å². The first-order valence-corrected chi connectivity index (χ1v) is 7.46. The lowest BCUT2D eigenvalue weighted by atomic mass is 10.0. The van der Waals surface area contributed by atoms with E-state index in [0.717, 1.165) is 30.0 Å². The zero-order valence-electron chi connectivity index (χ0n) is 12.0. The zero-order valence-corrected chi connectivity index (χ0v) is 12.0. The second-order valence-corrected chi connectivity index (χ2v) is 5.63. The predicted molar refractivity (Wildman–Crippen MR) is 78.9 cm³/mol. The molecule has 0 bridgehead atoms. The van der Waals surface area contributed by atoms with Gasteiger partial charge in [0.15, 0.2) is 0 Å². The third-order valence-corrected chi connectivity index (χ3v) is 4.26. The highest BCUT2D eigenvalue weighted by molar-refractivity contribution is 5.95. The van der Waals surface area contributed by atoms with Crippen molar-refractivity contribution in [1.29, 1.82) is 0 Å². The summed E-state index contributed by atoms with van der Waals surface area (Å²) in [5.74, 6) is 0.931. The number of carbonyl (C=O) groups is 1. The Balaban J connectivity index is 1.53. The van der Waals surface area contributed by atoms with Crippen LogP contribution < -0.4 is 10.1 Å². The monoisotopic (exact) mass is 299 g/mol. The van der Waals surface area contributed by atoms with Gasteiger partial charge in [0.1, 0.15) is 12.4 Å². The molecule has 2 aliphatic rings. The Morgan fingerprint density at radius 1 is 1.32 bits per heavy atom. The van der Waals surface area contributed by atoms with Crippen molar-refractivity contribution in [1.82, 2.24) is 15.5 Å². The molecule has 0 spiro atoms. The molecule has 0 radical (unpaired) electrons. The molecule has 114 valence electrons. The fourth-order valence-electron chi connectivity index (χ4n) is 3.07. The van der Waals surface area contributed by atoms with E-state index in [0.29, 0.717) is 18.8 Å². The van der Waals surface area contributed by atoms with Crippen LogP contribution in [0, 0.1) is 0 Å². The summed E-state index contributed by atoms with van der Waals surface area (Å²) < 4.78 is 11.0. The third-order valence-electron chi connectivity index (χ3n) is 4.26. The second kappa shape index (κ2) is 5.46. The number of fused-ring (bicyclic) bond motifs is 1. The summed E-state index contributed by atoms with van der Waals surface area (Å²) in [6.45, 7) is 1.83. The van der Waals surface area contributed by atoms with Crippen LogP contribution in [0.15, 0.2) is 30.5 Å². The van der Waals surface area contributed by atoms with Gasteiger partial charge in [-0.25, -0.2) is 0 Å². The number of aromatic nitrogens is 2. The zero-order chi connectivity index (χ0) is 14.9. The Morgan fingerprint density at radius 2 is 2.23 bits per heavy atom. The van der Waals surface area contributed by atoms with E-state index in [1.807, 2.05) is 24.3 Å². The van der Waals surface area contributed by atoms with Crippen LogP contribution in [0.3, 0.4) is 0 Å². The first-order valence-electron chi connectivity index (χ1n) is 7.46. The number of para-hydroxylation sites is 1. The highest BCUT2D eigenvalue weighted by Gasteiger charge is 2.29. The van der Waals surface area contributed by atoms with Crippen molar-refractivity contribution in [2.24, 2.45) is 0 Å². The lowest BCUT2D eigenvalue weighted by Gasteiger charge is -2.13. The maximum Gasteiger partial charge on any atom is 0.255 e. The van der Waals surface area contributed by atoms with Crippen molar-refractivity contribution in [3.8, 4) is 5.75 Å².